The van der Waals surface area contributed by atoms with Gasteiger partial charge in [-0.05, 0) is 53.4 Å². The van der Waals surface area contributed by atoms with Crippen LogP contribution in [0.5, 0.6) is 0 Å². The fraction of sp³-hybridized carbons (Fsp3) is 0.444. The van der Waals surface area contributed by atoms with Gasteiger partial charge in [0.15, 0.2) is 11.6 Å². The molecular formula is C18H24O2. The maximum Gasteiger partial charge on any atom is 0.156 e. The van der Waals surface area contributed by atoms with Gasteiger partial charge in [0.05, 0.1) is 0 Å². The van der Waals surface area contributed by atoms with Crippen LogP contribution < -0.4 is 0 Å². The molecule has 1 aliphatic carbocycles. The lowest BCUT2D eigenvalue weighted by Crippen LogP contribution is -2.11. The van der Waals surface area contributed by atoms with Gasteiger partial charge in [-0.15, -0.1) is 0 Å². The second-order valence-electron chi connectivity index (χ2n) is 5.43. The van der Waals surface area contributed by atoms with E-state index in [1.165, 1.54) is 11.1 Å². The van der Waals surface area contributed by atoms with Crippen LogP contribution in [0.1, 0.15) is 50.7 Å². The molecule has 0 saturated carbocycles. The zero-order valence-corrected chi connectivity index (χ0v) is 13.0. The maximum absolute atomic E-state index is 11.1. The number of hydrogen-bond donors (Lipinski definition) is 0. The minimum atomic E-state index is 0.0694. The third-order valence-corrected chi connectivity index (χ3v) is 3.54. The number of benzene rings is 1. The standard InChI is InChI=1S/C10H14O2.C8H10/c1-7(11)9-5-3-4-6-10(9)8(2)12;1-7-3-5-8(2)6-4-7/h3-6H2,1-2H3;3-6H,1-2H3. The molecule has 2 heteroatoms. The number of aryl methyl sites for hydroxylation is 2. The van der Waals surface area contributed by atoms with Crippen LogP contribution in [0.2, 0.25) is 0 Å². The molecule has 0 bridgehead atoms. The molecule has 0 aliphatic heterocycles. The molecule has 0 amide bonds. The van der Waals surface area contributed by atoms with Gasteiger partial charge in [-0.2, -0.15) is 0 Å². The van der Waals surface area contributed by atoms with Gasteiger partial charge in [-0.3, -0.25) is 9.59 Å². The molecule has 0 atom stereocenters. The summed E-state index contributed by atoms with van der Waals surface area (Å²) in [4.78, 5) is 22.2. The summed E-state index contributed by atoms with van der Waals surface area (Å²) < 4.78 is 0. The highest BCUT2D eigenvalue weighted by atomic mass is 16.1. The van der Waals surface area contributed by atoms with Gasteiger partial charge in [0.25, 0.3) is 0 Å². The quantitative estimate of drug-likeness (QED) is 0.802. The van der Waals surface area contributed by atoms with E-state index < -0.39 is 0 Å². The summed E-state index contributed by atoms with van der Waals surface area (Å²) in [6, 6.07) is 8.48. The van der Waals surface area contributed by atoms with Crippen LogP contribution >= 0.6 is 0 Å². The van der Waals surface area contributed by atoms with E-state index in [0.717, 1.165) is 36.8 Å². The topological polar surface area (TPSA) is 34.1 Å². The molecule has 0 heterocycles. The third kappa shape index (κ3) is 5.12. The first kappa shape index (κ1) is 16.4. The summed E-state index contributed by atoms with van der Waals surface area (Å²) in [5.41, 5.74) is 4.20. The number of allylic oxidation sites excluding steroid dienone is 2. The van der Waals surface area contributed by atoms with Crippen LogP contribution in [-0.4, -0.2) is 11.6 Å². The van der Waals surface area contributed by atoms with Gasteiger partial charge in [-0.25, -0.2) is 0 Å². The van der Waals surface area contributed by atoms with Gasteiger partial charge < -0.3 is 0 Å². The number of hydrogen-bond acceptors (Lipinski definition) is 2. The summed E-state index contributed by atoms with van der Waals surface area (Å²) in [7, 11) is 0. The number of rotatable bonds is 2. The zero-order valence-electron chi connectivity index (χ0n) is 13.0. The second-order valence-corrected chi connectivity index (χ2v) is 5.43. The molecule has 0 saturated heterocycles. The van der Waals surface area contributed by atoms with Crippen molar-refractivity contribution in [2.75, 3.05) is 0 Å². The normalized spacial score (nSPS) is 14.4. The van der Waals surface area contributed by atoms with E-state index in [9.17, 15) is 9.59 Å². The molecule has 0 spiro atoms. The van der Waals surface area contributed by atoms with Gasteiger partial charge in [0, 0.05) is 11.1 Å². The molecule has 108 valence electrons. The third-order valence-electron chi connectivity index (χ3n) is 3.54. The minimum Gasteiger partial charge on any atom is -0.295 e. The van der Waals surface area contributed by atoms with Crippen molar-refractivity contribution in [1.82, 2.24) is 0 Å². The predicted octanol–water partition coefficient (Wildman–Crippen LogP) is 4.34. The summed E-state index contributed by atoms with van der Waals surface area (Å²) in [6.07, 6.45) is 3.69. The van der Waals surface area contributed by atoms with E-state index in [-0.39, 0.29) is 11.6 Å². The van der Waals surface area contributed by atoms with E-state index in [1.807, 2.05) is 0 Å². The van der Waals surface area contributed by atoms with Gasteiger partial charge in [0.1, 0.15) is 0 Å². The summed E-state index contributed by atoms with van der Waals surface area (Å²) >= 11 is 0. The molecule has 0 N–H and O–H groups in total. The Balaban J connectivity index is 0.000000217. The van der Waals surface area contributed by atoms with Crippen molar-refractivity contribution in [3.05, 3.63) is 46.5 Å². The molecule has 1 aromatic carbocycles. The summed E-state index contributed by atoms with van der Waals surface area (Å²) in [5, 5.41) is 0. The molecule has 0 unspecified atom stereocenters. The average molecular weight is 272 g/mol. The number of Topliss-reactive ketones (excluding diaryl/α,β-unsaturated/α-hetero) is 2. The lowest BCUT2D eigenvalue weighted by molar-refractivity contribution is -0.116. The fourth-order valence-electron chi connectivity index (χ4n) is 2.32. The molecule has 1 aromatic rings. The molecule has 20 heavy (non-hydrogen) atoms. The van der Waals surface area contributed by atoms with E-state index in [2.05, 4.69) is 38.1 Å². The van der Waals surface area contributed by atoms with Crippen molar-refractivity contribution in [3.8, 4) is 0 Å². The van der Waals surface area contributed by atoms with Crippen molar-refractivity contribution in [2.45, 2.75) is 53.4 Å². The highest BCUT2D eigenvalue weighted by molar-refractivity contribution is 6.04. The predicted molar refractivity (Wildman–Crippen MR) is 82.8 cm³/mol. The van der Waals surface area contributed by atoms with Gasteiger partial charge in [-0.1, -0.05) is 35.4 Å². The molecule has 0 aromatic heterocycles. The van der Waals surface area contributed by atoms with Gasteiger partial charge >= 0.3 is 0 Å². The molecule has 1 aliphatic rings. The Morgan fingerprint density at radius 1 is 0.750 bits per heavy atom. The lowest BCUT2D eigenvalue weighted by Gasteiger charge is -2.15. The Hall–Kier alpha value is -1.70. The first-order valence-electron chi connectivity index (χ1n) is 7.19. The van der Waals surface area contributed by atoms with Crippen molar-refractivity contribution >= 4 is 11.6 Å². The molecular weight excluding hydrogens is 248 g/mol. The van der Waals surface area contributed by atoms with Crippen LogP contribution in [0.3, 0.4) is 0 Å². The van der Waals surface area contributed by atoms with Crippen LogP contribution in [0.25, 0.3) is 0 Å². The van der Waals surface area contributed by atoms with Crippen LogP contribution in [0.15, 0.2) is 35.4 Å². The van der Waals surface area contributed by atoms with E-state index >= 15 is 0 Å². The first-order chi connectivity index (χ1) is 9.41. The van der Waals surface area contributed by atoms with E-state index in [4.69, 9.17) is 0 Å². The highest BCUT2D eigenvalue weighted by Crippen LogP contribution is 2.25. The molecule has 2 rings (SSSR count). The first-order valence-corrected chi connectivity index (χ1v) is 7.19. The Kier molecular flexibility index (Phi) is 6.37. The summed E-state index contributed by atoms with van der Waals surface area (Å²) in [6.45, 7) is 7.28. The van der Waals surface area contributed by atoms with E-state index in [1.54, 1.807) is 13.8 Å². The molecule has 2 nitrogen and oxygen atoms in total. The molecule has 0 radical (unpaired) electrons. The Labute approximate surface area is 121 Å². The monoisotopic (exact) mass is 272 g/mol. The van der Waals surface area contributed by atoms with Crippen molar-refractivity contribution in [2.24, 2.45) is 0 Å². The Bertz CT molecular complexity index is 460. The largest absolute Gasteiger partial charge is 0.295 e. The summed E-state index contributed by atoms with van der Waals surface area (Å²) in [5.74, 6) is 0.139. The fourth-order valence-corrected chi connectivity index (χ4v) is 2.32. The zero-order chi connectivity index (χ0) is 15.1. The Morgan fingerprint density at radius 3 is 1.30 bits per heavy atom. The van der Waals surface area contributed by atoms with Gasteiger partial charge in [0.2, 0.25) is 0 Å². The van der Waals surface area contributed by atoms with Crippen molar-refractivity contribution in [1.29, 1.82) is 0 Å². The number of ketones is 2. The highest BCUT2D eigenvalue weighted by Gasteiger charge is 2.18. The second kappa shape index (κ2) is 7.78. The maximum atomic E-state index is 11.1. The smallest absolute Gasteiger partial charge is 0.156 e. The molecule has 0 fully saturated rings. The average Bonchev–Trinajstić information content (AvgIpc) is 2.42. The van der Waals surface area contributed by atoms with E-state index in [0.29, 0.717) is 0 Å². The van der Waals surface area contributed by atoms with Crippen LogP contribution in [0.4, 0.5) is 0 Å². The number of carbonyl (C=O) groups is 2. The van der Waals surface area contributed by atoms with Crippen LogP contribution in [0, 0.1) is 13.8 Å². The lowest BCUT2D eigenvalue weighted by atomic mass is 9.88. The van der Waals surface area contributed by atoms with Crippen LogP contribution in [-0.2, 0) is 9.59 Å². The Morgan fingerprint density at radius 2 is 1.05 bits per heavy atom. The van der Waals surface area contributed by atoms with Crippen molar-refractivity contribution in [3.63, 3.8) is 0 Å². The number of carbonyl (C=O) groups excluding carboxylic acids is 2. The minimum absolute atomic E-state index is 0.0694. The van der Waals surface area contributed by atoms with Crippen molar-refractivity contribution < 1.29 is 9.59 Å². The SMILES string of the molecule is CC(=O)C1=C(C(C)=O)CCCC1.Cc1ccc(C)cc1.